The average Bonchev–Trinajstić information content (AvgIpc) is 2.86. The third-order valence-corrected chi connectivity index (χ3v) is 8.36. The number of hydrogen-bond acceptors (Lipinski definition) is 4. The molecule has 1 atom stereocenters. The zero-order chi connectivity index (χ0) is 22.4. The second-order valence-electron chi connectivity index (χ2n) is 10.5. The van der Waals surface area contributed by atoms with E-state index in [-0.39, 0.29) is 5.91 Å². The van der Waals surface area contributed by atoms with Gasteiger partial charge in [0.25, 0.3) is 0 Å². The van der Waals surface area contributed by atoms with Crippen LogP contribution < -0.4 is 11.1 Å². The zero-order valence-corrected chi connectivity index (χ0v) is 19.5. The van der Waals surface area contributed by atoms with Gasteiger partial charge in [-0.3, -0.25) is 4.79 Å². The number of benzene rings is 1. The quantitative estimate of drug-likeness (QED) is 0.689. The molecule has 2 saturated carbocycles. The Balaban J connectivity index is 1.24. The van der Waals surface area contributed by atoms with Crippen molar-refractivity contribution in [3.05, 3.63) is 35.9 Å². The molecule has 0 radical (unpaired) electrons. The summed E-state index contributed by atoms with van der Waals surface area (Å²) in [5.74, 6) is 1.12. The van der Waals surface area contributed by atoms with Crippen LogP contribution in [0.25, 0.3) is 0 Å². The van der Waals surface area contributed by atoms with Gasteiger partial charge in [0.15, 0.2) is 0 Å². The lowest BCUT2D eigenvalue weighted by molar-refractivity contribution is -0.124. The number of nitriles is 1. The van der Waals surface area contributed by atoms with Gasteiger partial charge in [-0.1, -0.05) is 62.4 Å². The second-order valence-corrected chi connectivity index (χ2v) is 10.5. The van der Waals surface area contributed by atoms with Gasteiger partial charge in [-0.15, -0.1) is 0 Å². The highest BCUT2D eigenvalue weighted by Gasteiger charge is 2.39. The summed E-state index contributed by atoms with van der Waals surface area (Å²) in [6.07, 6.45) is 13.3. The number of piperidine rings is 1. The summed E-state index contributed by atoms with van der Waals surface area (Å²) in [6, 6.07) is 13.5. The Hall–Kier alpha value is -1.90. The Morgan fingerprint density at radius 2 is 1.72 bits per heavy atom. The van der Waals surface area contributed by atoms with E-state index >= 15 is 0 Å². The summed E-state index contributed by atoms with van der Waals surface area (Å²) in [5, 5.41) is 13.0. The normalized spacial score (nSPS) is 27.9. The van der Waals surface area contributed by atoms with Gasteiger partial charge < -0.3 is 16.0 Å². The van der Waals surface area contributed by atoms with Crippen molar-refractivity contribution in [2.45, 2.75) is 101 Å². The predicted molar refractivity (Wildman–Crippen MR) is 128 cm³/mol. The molecule has 0 spiro atoms. The van der Waals surface area contributed by atoms with Crippen molar-refractivity contribution in [2.75, 3.05) is 13.1 Å². The molecule has 5 nitrogen and oxygen atoms in total. The highest BCUT2D eigenvalue weighted by Crippen LogP contribution is 2.36. The van der Waals surface area contributed by atoms with E-state index in [1.165, 1.54) is 63.4 Å². The third-order valence-electron chi connectivity index (χ3n) is 8.36. The van der Waals surface area contributed by atoms with Crippen molar-refractivity contribution < 1.29 is 4.79 Å². The van der Waals surface area contributed by atoms with Crippen molar-refractivity contribution >= 4 is 5.91 Å². The lowest BCUT2D eigenvalue weighted by Gasteiger charge is -2.43. The van der Waals surface area contributed by atoms with Crippen LogP contribution in [0, 0.1) is 17.2 Å². The standard InChI is InChI=1S/C27H40N4O/c28-20-27(30-26(32)25(29)19-21-7-3-1-4-8-21)15-17-31(18-16-27)24-13-11-23(12-14-24)22-9-5-2-6-10-22/h2,5-6,9-10,21,23-25H,1,3-4,7-8,11-19,29H2,(H,30,32). The number of amides is 1. The van der Waals surface area contributed by atoms with E-state index in [1.54, 1.807) is 0 Å². The number of nitrogens with zero attached hydrogens (tertiary/aromatic N) is 2. The molecule has 3 N–H and O–H groups in total. The number of carbonyl (C=O) groups excluding carboxylic acids is 1. The van der Waals surface area contributed by atoms with E-state index in [2.05, 4.69) is 46.6 Å². The Morgan fingerprint density at radius 1 is 1.06 bits per heavy atom. The van der Waals surface area contributed by atoms with Crippen LogP contribution in [0.1, 0.15) is 88.5 Å². The lowest BCUT2D eigenvalue weighted by Crippen LogP contribution is -2.59. The van der Waals surface area contributed by atoms with Gasteiger partial charge in [0, 0.05) is 19.1 Å². The molecule has 1 aliphatic heterocycles. The molecule has 3 aliphatic rings. The van der Waals surface area contributed by atoms with E-state index in [4.69, 9.17) is 5.73 Å². The van der Waals surface area contributed by atoms with Crippen LogP contribution >= 0.6 is 0 Å². The third kappa shape index (κ3) is 5.71. The Bertz CT molecular complexity index is 767. The topological polar surface area (TPSA) is 82.1 Å². The molecule has 3 fully saturated rings. The van der Waals surface area contributed by atoms with Crippen molar-refractivity contribution in [1.82, 2.24) is 10.2 Å². The van der Waals surface area contributed by atoms with Crippen molar-refractivity contribution in [2.24, 2.45) is 11.7 Å². The fourth-order valence-corrected chi connectivity index (χ4v) is 6.25. The summed E-state index contributed by atoms with van der Waals surface area (Å²) in [5.41, 5.74) is 6.97. The second kappa shape index (κ2) is 10.8. The fourth-order valence-electron chi connectivity index (χ4n) is 6.25. The number of rotatable bonds is 6. The molecule has 1 unspecified atom stereocenters. The van der Waals surface area contributed by atoms with E-state index in [9.17, 15) is 10.1 Å². The molecule has 0 bridgehead atoms. The zero-order valence-electron chi connectivity index (χ0n) is 19.5. The number of nitrogens with two attached hydrogens (primary N) is 1. The Morgan fingerprint density at radius 3 is 2.34 bits per heavy atom. The summed E-state index contributed by atoms with van der Waals surface area (Å²) in [7, 11) is 0. The van der Waals surface area contributed by atoms with Crippen LogP contribution in [-0.2, 0) is 4.79 Å². The van der Waals surface area contributed by atoms with Gasteiger partial charge in [-0.25, -0.2) is 0 Å². The van der Waals surface area contributed by atoms with Crippen molar-refractivity contribution in [1.29, 1.82) is 5.26 Å². The van der Waals surface area contributed by atoms with E-state index in [0.29, 0.717) is 30.7 Å². The Kier molecular flexibility index (Phi) is 7.86. The van der Waals surface area contributed by atoms with Gasteiger partial charge in [-0.2, -0.15) is 5.26 Å². The summed E-state index contributed by atoms with van der Waals surface area (Å²) in [4.78, 5) is 15.4. The SMILES string of the molecule is N#CC1(NC(=O)C(N)CC2CCCCC2)CCN(C2CCC(c3ccccc3)CC2)CC1. The fraction of sp³-hybridized carbons (Fsp3) is 0.704. The van der Waals surface area contributed by atoms with E-state index < -0.39 is 11.6 Å². The summed E-state index contributed by atoms with van der Waals surface area (Å²) >= 11 is 0. The number of hydrogen-bond donors (Lipinski definition) is 2. The van der Waals surface area contributed by atoms with Gasteiger partial charge in [0.1, 0.15) is 5.54 Å². The molecule has 1 saturated heterocycles. The Labute approximate surface area is 193 Å². The van der Waals surface area contributed by atoms with Crippen LogP contribution in [0.4, 0.5) is 0 Å². The molecule has 1 amide bonds. The van der Waals surface area contributed by atoms with E-state index in [0.717, 1.165) is 19.5 Å². The molecule has 32 heavy (non-hydrogen) atoms. The maximum absolute atomic E-state index is 12.8. The molecule has 4 rings (SSSR count). The first kappa shape index (κ1) is 23.3. The van der Waals surface area contributed by atoms with Gasteiger partial charge >= 0.3 is 0 Å². The van der Waals surface area contributed by atoms with Crippen molar-refractivity contribution in [3.63, 3.8) is 0 Å². The molecule has 1 aromatic rings. The number of likely N-dealkylation sites (tertiary alicyclic amines) is 1. The molecular formula is C27H40N4O. The minimum atomic E-state index is -0.751. The summed E-state index contributed by atoms with van der Waals surface area (Å²) < 4.78 is 0. The number of nitrogens with one attached hydrogen (secondary N) is 1. The monoisotopic (exact) mass is 436 g/mol. The van der Waals surface area contributed by atoms with Gasteiger partial charge in [-0.05, 0) is 62.3 Å². The molecule has 1 aromatic carbocycles. The molecule has 174 valence electrons. The molecule has 5 heteroatoms. The van der Waals surface area contributed by atoms with Crippen LogP contribution in [0.15, 0.2) is 30.3 Å². The first-order valence-corrected chi connectivity index (χ1v) is 12.9. The highest BCUT2D eigenvalue weighted by atomic mass is 16.2. The minimum Gasteiger partial charge on any atom is -0.336 e. The first-order chi connectivity index (χ1) is 15.6. The minimum absolute atomic E-state index is 0.131. The molecular weight excluding hydrogens is 396 g/mol. The van der Waals surface area contributed by atoms with Crippen LogP contribution in [-0.4, -0.2) is 41.5 Å². The maximum Gasteiger partial charge on any atom is 0.238 e. The van der Waals surface area contributed by atoms with Crippen LogP contribution in [0.2, 0.25) is 0 Å². The largest absolute Gasteiger partial charge is 0.336 e. The molecule has 2 aliphatic carbocycles. The van der Waals surface area contributed by atoms with Gasteiger partial charge in [0.05, 0.1) is 12.1 Å². The lowest BCUT2D eigenvalue weighted by atomic mass is 9.80. The highest BCUT2D eigenvalue weighted by molar-refractivity contribution is 5.82. The van der Waals surface area contributed by atoms with Crippen molar-refractivity contribution in [3.8, 4) is 6.07 Å². The first-order valence-electron chi connectivity index (χ1n) is 12.9. The van der Waals surface area contributed by atoms with E-state index in [1.807, 2.05) is 0 Å². The molecule has 0 aromatic heterocycles. The van der Waals surface area contributed by atoms with Crippen LogP contribution in [0.5, 0.6) is 0 Å². The smallest absolute Gasteiger partial charge is 0.238 e. The maximum atomic E-state index is 12.8. The predicted octanol–water partition coefficient (Wildman–Crippen LogP) is 4.48. The summed E-state index contributed by atoms with van der Waals surface area (Å²) in [6.45, 7) is 1.76. The van der Waals surface area contributed by atoms with Crippen LogP contribution in [0.3, 0.4) is 0 Å². The number of carbonyl (C=O) groups is 1. The van der Waals surface area contributed by atoms with Gasteiger partial charge in [0.2, 0.25) is 5.91 Å². The average molecular weight is 437 g/mol. The molecule has 1 heterocycles.